The SMILES string of the molecule is OCCC1=CC(c2ccccc2)Cc2ccccc21. The van der Waals surface area contributed by atoms with Crippen molar-refractivity contribution in [3.8, 4) is 0 Å². The van der Waals surface area contributed by atoms with Crippen LogP contribution in [-0.4, -0.2) is 11.7 Å². The van der Waals surface area contributed by atoms with Crippen LogP contribution in [0.3, 0.4) is 0 Å². The zero-order valence-electron chi connectivity index (χ0n) is 10.9. The molecule has 3 rings (SSSR count). The summed E-state index contributed by atoms with van der Waals surface area (Å²) >= 11 is 0. The fraction of sp³-hybridized carbons (Fsp3) is 0.222. The van der Waals surface area contributed by atoms with Crippen LogP contribution in [0.25, 0.3) is 5.57 Å². The predicted molar refractivity (Wildman–Crippen MR) is 79.0 cm³/mol. The summed E-state index contributed by atoms with van der Waals surface area (Å²) < 4.78 is 0. The molecule has 0 fully saturated rings. The Kier molecular flexibility index (Phi) is 3.47. The van der Waals surface area contributed by atoms with Crippen molar-refractivity contribution < 1.29 is 5.11 Å². The van der Waals surface area contributed by atoms with Crippen molar-refractivity contribution in [2.75, 3.05) is 6.61 Å². The molecule has 0 spiro atoms. The van der Waals surface area contributed by atoms with E-state index in [1.165, 1.54) is 22.3 Å². The van der Waals surface area contributed by atoms with Crippen molar-refractivity contribution in [2.24, 2.45) is 0 Å². The molecule has 0 saturated carbocycles. The summed E-state index contributed by atoms with van der Waals surface area (Å²) in [5, 5.41) is 9.26. The Hall–Kier alpha value is -1.86. The first kappa shape index (κ1) is 12.2. The first-order valence-electron chi connectivity index (χ1n) is 6.83. The van der Waals surface area contributed by atoms with Crippen LogP contribution in [0.1, 0.15) is 29.0 Å². The van der Waals surface area contributed by atoms with Gasteiger partial charge in [-0.25, -0.2) is 0 Å². The average molecular weight is 250 g/mol. The molecule has 0 amide bonds. The third-order valence-electron chi connectivity index (χ3n) is 3.81. The van der Waals surface area contributed by atoms with E-state index >= 15 is 0 Å². The van der Waals surface area contributed by atoms with Gasteiger partial charge in [0.05, 0.1) is 0 Å². The lowest BCUT2D eigenvalue weighted by atomic mass is 9.80. The zero-order valence-corrected chi connectivity index (χ0v) is 10.9. The molecule has 2 aromatic carbocycles. The first-order chi connectivity index (χ1) is 9.38. The molecular formula is C18H18O. The van der Waals surface area contributed by atoms with Gasteiger partial charge in [-0.1, -0.05) is 60.7 Å². The number of hydrogen-bond acceptors (Lipinski definition) is 1. The highest BCUT2D eigenvalue weighted by Gasteiger charge is 2.19. The summed E-state index contributed by atoms with van der Waals surface area (Å²) in [7, 11) is 0. The number of allylic oxidation sites excluding steroid dienone is 1. The molecule has 2 aromatic rings. The van der Waals surface area contributed by atoms with Crippen molar-refractivity contribution in [1.29, 1.82) is 0 Å². The lowest BCUT2D eigenvalue weighted by molar-refractivity contribution is 0.304. The molecular weight excluding hydrogens is 232 g/mol. The number of benzene rings is 2. The Labute approximate surface area is 114 Å². The Morgan fingerprint density at radius 2 is 1.68 bits per heavy atom. The van der Waals surface area contributed by atoms with Crippen molar-refractivity contribution in [1.82, 2.24) is 0 Å². The lowest BCUT2D eigenvalue weighted by Gasteiger charge is -2.24. The van der Waals surface area contributed by atoms with E-state index in [0.29, 0.717) is 5.92 Å². The summed E-state index contributed by atoms with van der Waals surface area (Å²) in [4.78, 5) is 0. The molecule has 0 saturated heterocycles. The molecule has 1 aliphatic rings. The second-order valence-corrected chi connectivity index (χ2v) is 5.04. The fourth-order valence-corrected chi connectivity index (χ4v) is 2.89. The van der Waals surface area contributed by atoms with Gasteiger partial charge in [0.15, 0.2) is 0 Å². The third-order valence-corrected chi connectivity index (χ3v) is 3.81. The number of fused-ring (bicyclic) bond motifs is 1. The van der Waals surface area contributed by atoms with Crippen LogP contribution in [0.15, 0.2) is 60.7 Å². The summed E-state index contributed by atoms with van der Waals surface area (Å²) in [5.74, 6) is 0.428. The number of hydrogen-bond donors (Lipinski definition) is 1. The number of rotatable bonds is 3. The molecule has 96 valence electrons. The molecule has 1 unspecified atom stereocenters. The highest BCUT2D eigenvalue weighted by Crippen LogP contribution is 2.35. The van der Waals surface area contributed by atoms with Gasteiger partial charge in [0.25, 0.3) is 0 Å². The van der Waals surface area contributed by atoms with Gasteiger partial charge in [0.1, 0.15) is 0 Å². The Morgan fingerprint density at radius 1 is 0.947 bits per heavy atom. The predicted octanol–water partition coefficient (Wildman–Crippen LogP) is 3.79. The van der Waals surface area contributed by atoms with Gasteiger partial charge in [-0.3, -0.25) is 0 Å². The molecule has 0 bridgehead atoms. The number of aliphatic hydroxyl groups excluding tert-OH is 1. The smallest absolute Gasteiger partial charge is 0.0471 e. The quantitative estimate of drug-likeness (QED) is 0.878. The van der Waals surface area contributed by atoms with E-state index in [1.807, 2.05) is 0 Å². The standard InChI is InChI=1S/C18H18O/c19-11-10-16-13-17(14-6-2-1-3-7-14)12-15-8-4-5-9-18(15)16/h1-9,13,17,19H,10-12H2. The molecule has 1 nitrogen and oxygen atoms in total. The highest BCUT2D eigenvalue weighted by atomic mass is 16.2. The minimum atomic E-state index is 0.210. The lowest BCUT2D eigenvalue weighted by Crippen LogP contribution is -2.09. The highest BCUT2D eigenvalue weighted by molar-refractivity contribution is 5.71. The Bertz CT molecular complexity index is 584. The molecule has 19 heavy (non-hydrogen) atoms. The van der Waals surface area contributed by atoms with Gasteiger partial charge in [0, 0.05) is 12.5 Å². The van der Waals surface area contributed by atoms with Crippen molar-refractivity contribution in [2.45, 2.75) is 18.8 Å². The van der Waals surface area contributed by atoms with E-state index in [0.717, 1.165) is 12.8 Å². The maximum absolute atomic E-state index is 9.26. The second-order valence-electron chi connectivity index (χ2n) is 5.04. The molecule has 0 aromatic heterocycles. The minimum Gasteiger partial charge on any atom is -0.396 e. The Morgan fingerprint density at radius 3 is 2.47 bits per heavy atom. The topological polar surface area (TPSA) is 20.2 Å². The first-order valence-corrected chi connectivity index (χ1v) is 6.83. The Balaban J connectivity index is 2.01. The normalized spacial score (nSPS) is 17.7. The van der Waals surface area contributed by atoms with E-state index in [4.69, 9.17) is 0 Å². The maximum Gasteiger partial charge on any atom is 0.0471 e. The van der Waals surface area contributed by atoms with Crippen LogP contribution in [0.5, 0.6) is 0 Å². The van der Waals surface area contributed by atoms with Gasteiger partial charge < -0.3 is 5.11 Å². The van der Waals surface area contributed by atoms with Gasteiger partial charge in [-0.05, 0) is 35.1 Å². The summed E-state index contributed by atoms with van der Waals surface area (Å²) in [6.07, 6.45) is 4.11. The van der Waals surface area contributed by atoms with Crippen LogP contribution < -0.4 is 0 Å². The van der Waals surface area contributed by atoms with Gasteiger partial charge in [-0.2, -0.15) is 0 Å². The molecule has 1 aliphatic carbocycles. The van der Waals surface area contributed by atoms with E-state index in [9.17, 15) is 5.11 Å². The van der Waals surface area contributed by atoms with Crippen LogP contribution >= 0.6 is 0 Å². The molecule has 1 heteroatoms. The monoisotopic (exact) mass is 250 g/mol. The summed E-state index contributed by atoms with van der Waals surface area (Å²) in [5.41, 5.74) is 5.33. The molecule has 1 atom stereocenters. The largest absolute Gasteiger partial charge is 0.396 e. The van der Waals surface area contributed by atoms with Gasteiger partial charge >= 0.3 is 0 Å². The third kappa shape index (κ3) is 2.47. The molecule has 0 radical (unpaired) electrons. The van der Waals surface area contributed by atoms with Gasteiger partial charge in [-0.15, -0.1) is 0 Å². The molecule has 0 heterocycles. The van der Waals surface area contributed by atoms with Crippen LogP contribution in [-0.2, 0) is 6.42 Å². The average Bonchev–Trinajstić information content (AvgIpc) is 2.48. The second kappa shape index (κ2) is 5.41. The van der Waals surface area contributed by atoms with E-state index in [1.54, 1.807) is 0 Å². The number of aliphatic hydroxyl groups is 1. The van der Waals surface area contributed by atoms with Crippen LogP contribution in [0, 0.1) is 0 Å². The van der Waals surface area contributed by atoms with E-state index in [2.05, 4.69) is 60.7 Å². The molecule has 1 N–H and O–H groups in total. The minimum absolute atomic E-state index is 0.210. The van der Waals surface area contributed by atoms with Gasteiger partial charge in [0.2, 0.25) is 0 Å². The van der Waals surface area contributed by atoms with Crippen molar-refractivity contribution in [3.63, 3.8) is 0 Å². The van der Waals surface area contributed by atoms with Crippen LogP contribution in [0.2, 0.25) is 0 Å². The zero-order chi connectivity index (χ0) is 13.1. The van der Waals surface area contributed by atoms with E-state index in [-0.39, 0.29) is 6.61 Å². The van der Waals surface area contributed by atoms with Crippen LogP contribution in [0.4, 0.5) is 0 Å². The molecule has 0 aliphatic heterocycles. The van der Waals surface area contributed by atoms with Crippen molar-refractivity contribution >= 4 is 5.57 Å². The fourth-order valence-electron chi connectivity index (χ4n) is 2.89. The van der Waals surface area contributed by atoms with E-state index < -0.39 is 0 Å². The van der Waals surface area contributed by atoms with Crippen molar-refractivity contribution in [3.05, 3.63) is 77.4 Å². The summed E-state index contributed by atoms with van der Waals surface area (Å²) in [6.45, 7) is 0.210. The summed E-state index contributed by atoms with van der Waals surface area (Å²) in [6, 6.07) is 19.2. The maximum atomic E-state index is 9.26.